The van der Waals surface area contributed by atoms with Gasteiger partial charge in [0.2, 0.25) is 0 Å². The van der Waals surface area contributed by atoms with Crippen LogP contribution in [0.4, 0.5) is 5.69 Å². The molecule has 2 aromatic carbocycles. The highest BCUT2D eigenvalue weighted by molar-refractivity contribution is 5.95. The maximum Gasteiger partial charge on any atom is 0.258 e. The molecule has 1 aliphatic rings. The van der Waals surface area contributed by atoms with Crippen molar-refractivity contribution >= 4 is 24.0 Å². The van der Waals surface area contributed by atoms with Crippen molar-refractivity contribution in [3.05, 3.63) is 65.2 Å². The number of ether oxygens (including phenoxy) is 1. The molecule has 1 unspecified atom stereocenters. The summed E-state index contributed by atoms with van der Waals surface area (Å²) in [6.45, 7) is 4.26. The fourth-order valence-electron chi connectivity index (χ4n) is 2.87. The first-order valence-corrected chi connectivity index (χ1v) is 8.08. The normalized spacial score (nSPS) is 16.0. The van der Waals surface area contributed by atoms with E-state index in [0.717, 1.165) is 36.3 Å². The summed E-state index contributed by atoms with van der Waals surface area (Å²) in [5.74, 6) is -0.110. The Hall–Kier alpha value is -1.88. The van der Waals surface area contributed by atoms with Crippen molar-refractivity contribution in [2.45, 2.75) is 26.0 Å². The monoisotopic (exact) mass is 346 g/mol. The first kappa shape index (κ1) is 18.5. The molecule has 0 spiro atoms. The molecule has 0 bridgehead atoms. The van der Waals surface area contributed by atoms with Gasteiger partial charge < -0.3 is 15.4 Å². The second kappa shape index (κ2) is 8.83. The lowest BCUT2D eigenvalue weighted by Gasteiger charge is -2.25. The molecular formula is C19H23ClN2O2. The van der Waals surface area contributed by atoms with Gasteiger partial charge in [0.1, 0.15) is 0 Å². The van der Waals surface area contributed by atoms with Crippen molar-refractivity contribution in [1.29, 1.82) is 0 Å². The average Bonchev–Trinajstić information content (AvgIpc) is 2.60. The molecule has 0 aromatic heterocycles. The molecule has 1 amide bonds. The molecule has 1 aliphatic heterocycles. The Bertz CT molecular complexity index is 691. The number of amides is 1. The van der Waals surface area contributed by atoms with Crippen molar-refractivity contribution < 1.29 is 9.53 Å². The van der Waals surface area contributed by atoms with E-state index in [1.165, 1.54) is 5.56 Å². The van der Waals surface area contributed by atoms with Crippen molar-refractivity contribution in [2.75, 3.05) is 18.5 Å². The fourth-order valence-corrected chi connectivity index (χ4v) is 2.87. The molecule has 2 aromatic rings. The summed E-state index contributed by atoms with van der Waals surface area (Å²) in [6, 6.07) is 15.9. The summed E-state index contributed by atoms with van der Waals surface area (Å²) in [5.41, 5.74) is 4.08. The van der Waals surface area contributed by atoms with E-state index in [0.29, 0.717) is 6.61 Å². The van der Waals surface area contributed by atoms with E-state index in [-0.39, 0.29) is 18.3 Å². The summed E-state index contributed by atoms with van der Waals surface area (Å²) in [7, 11) is 0. The van der Waals surface area contributed by atoms with Crippen LogP contribution in [0.2, 0.25) is 0 Å². The topological polar surface area (TPSA) is 50.4 Å². The quantitative estimate of drug-likeness (QED) is 0.871. The Kier molecular flexibility index (Phi) is 6.79. The highest BCUT2D eigenvalue weighted by Crippen LogP contribution is 2.28. The number of anilines is 1. The number of hydrogen-bond acceptors (Lipinski definition) is 3. The lowest BCUT2D eigenvalue weighted by Crippen LogP contribution is -2.28. The van der Waals surface area contributed by atoms with Gasteiger partial charge in [0, 0.05) is 12.2 Å². The second-order valence-corrected chi connectivity index (χ2v) is 5.63. The highest BCUT2D eigenvalue weighted by Gasteiger charge is 2.27. The van der Waals surface area contributed by atoms with E-state index >= 15 is 0 Å². The Morgan fingerprint density at radius 2 is 1.92 bits per heavy atom. The molecule has 0 fully saturated rings. The van der Waals surface area contributed by atoms with E-state index in [4.69, 9.17) is 4.74 Å². The number of carbonyl (C=O) groups excluding carboxylic acids is 1. The van der Waals surface area contributed by atoms with Gasteiger partial charge in [-0.25, -0.2) is 0 Å². The molecule has 128 valence electrons. The number of carbonyl (C=O) groups is 1. The molecule has 2 N–H and O–H groups in total. The Balaban J connectivity index is 0.00000208. The molecule has 0 saturated heterocycles. The zero-order valence-electron chi connectivity index (χ0n) is 13.7. The smallest absolute Gasteiger partial charge is 0.258 e. The van der Waals surface area contributed by atoms with Crippen molar-refractivity contribution in [3.8, 4) is 0 Å². The van der Waals surface area contributed by atoms with Gasteiger partial charge >= 0.3 is 0 Å². The molecule has 4 nitrogen and oxygen atoms in total. The lowest BCUT2D eigenvalue weighted by atomic mass is 9.97. The van der Waals surface area contributed by atoms with Crippen LogP contribution in [0.5, 0.6) is 0 Å². The molecule has 3 rings (SSSR count). The van der Waals surface area contributed by atoms with E-state index in [9.17, 15) is 4.79 Å². The third-order valence-corrected chi connectivity index (χ3v) is 4.07. The van der Waals surface area contributed by atoms with Gasteiger partial charge in [-0.2, -0.15) is 0 Å². The van der Waals surface area contributed by atoms with Crippen LogP contribution >= 0.6 is 12.4 Å². The summed E-state index contributed by atoms with van der Waals surface area (Å²) >= 11 is 0. The highest BCUT2D eigenvalue weighted by atomic mass is 35.5. The first-order chi connectivity index (χ1) is 11.3. The average molecular weight is 347 g/mol. The molecule has 0 aliphatic carbocycles. The second-order valence-electron chi connectivity index (χ2n) is 5.63. The Morgan fingerprint density at radius 1 is 1.17 bits per heavy atom. The lowest BCUT2D eigenvalue weighted by molar-refractivity contribution is -0.128. The Morgan fingerprint density at radius 3 is 2.75 bits per heavy atom. The van der Waals surface area contributed by atoms with Gasteiger partial charge in [-0.1, -0.05) is 49.4 Å². The van der Waals surface area contributed by atoms with Crippen molar-refractivity contribution in [2.24, 2.45) is 0 Å². The molecule has 1 heterocycles. The van der Waals surface area contributed by atoms with Crippen LogP contribution in [0.3, 0.4) is 0 Å². The number of hydrogen-bond donors (Lipinski definition) is 2. The van der Waals surface area contributed by atoms with Gasteiger partial charge in [-0.05, 0) is 35.7 Å². The van der Waals surface area contributed by atoms with Crippen LogP contribution < -0.4 is 10.6 Å². The summed E-state index contributed by atoms with van der Waals surface area (Å²) in [6.07, 6.45) is 0.323. The summed E-state index contributed by atoms with van der Waals surface area (Å²) in [4.78, 5) is 12.7. The van der Waals surface area contributed by atoms with Crippen LogP contribution in [0.1, 0.15) is 29.7 Å². The number of halogens is 1. The largest absolute Gasteiger partial charge is 0.363 e. The predicted molar refractivity (Wildman–Crippen MR) is 98.5 cm³/mol. The minimum atomic E-state index is -0.535. The van der Waals surface area contributed by atoms with Crippen LogP contribution in [0.25, 0.3) is 0 Å². The van der Waals surface area contributed by atoms with E-state index in [1.54, 1.807) is 0 Å². The summed E-state index contributed by atoms with van der Waals surface area (Å²) in [5, 5.41) is 6.32. The zero-order chi connectivity index (χ0) is 16.1. The third kappa shape index (κ3) is 4.15. The predicted octanol–water partition coefficient (Wildman–Crippen LogP) is 3.47. The van der Waals surface area contributed by atoms with Crippen molar-refractivity contribution in [1.82, 2.24) is 5.32 Å². The molecular weight excluding hydrogens is 324 g/mol. The summed E-state index contributed by atoms with van der Waals surface area (Å²) < 4.78 is 5.73. The number of nitrogens with one attached hydrogen (secondary N) is 2. The molecule has 0 radical (unpaired) electrons. The van der Waals surface area contributed by atoms with Gasteiger partial charge in [-0.15, -0.1) is 12.4 Å². The minimum Gasteiger partial charge on any atom is -0.363 e. The van der Waals surface area contributed by atoms with Gasteiger partial charge in [0.05, 0.1) is 6.61 Å². The Labute approximate surface area is 149 Å². The molecule has 24 heavy (non-hydrogen) atoms. The van der Waals surface area contributed by atoms with Crippen LogP contribution in [-0.4, -0.2) is 19.1 Å². The van der Waals surface area contributed by atoms with Crippen LogP contribution in [-0.2, 0) is 22.5 Å². The van der Waals surface area contributed by atoms with Gasteiger partial charge in [0.25, 0.3) is 5.91 Å². The number of benzene rings is 2. The van der Waals surface area contributed by atoms with Crippen molar-refractivity contribution in [3.63, 3.8) is 0 Å². The third-order valence-electron chi connectivity index (χ3n) is 4.07. The standard InChI is InChI=1S/C19H22N2O2.ClH/c1-2-20-13-15-8-4-6-10-17(15)21-19(22)18-16-9-5-3-7-14(16)11-12-23-18;/h3-10,18,20H,2,11-13H2,1H3,(H,21,22);1H. The molecule has 0 saturated carbocycles. The number of fused-ring (bicyclic) bond motifs is 1. The van der Waals surface area contributed by atoms with E-state index in [1.807, 2.05) is 42.5 Å². The van der Waals surface area contributed by atoms with Gasteiger partial charge in [0.15, 0.2) is 6.10 Å². The maximum absolute atomic E-state index is 12.7. The molecule has 1 atom stereocenters. The van der Waals surface area contributed by atoms with E-state index < -0.39 is 6.10 Å². The maximum atomic E-state index is 12.7. The van der Waals surface area contributed by atoms with Gasteiger partial charge in [-0.3, -0.25) is 4.79 Å². The minimum absolute atomic E-state index is 0. The first-order valence-electron chi connectivity index (χ1n) is 8.08. The number of para-hydroxylation sites is 1. The number of rotatable bonds is 5. The fraction of sp³-hybridized carbons (Fsp3) is 0.316. The molecule has 5 heteroatoms. The van der Waals surface area contributed by atoms with Crippen LogP contribution in [0, 0.1) is 0 Å². The SMILES string of the molecule is CCNCc1ccccc1NC(=O)C1OCCc2ccccc21.Cl. The van der Waals surface area contributed by atoms with E-state index in [2.05, 4.69) is 23.6 Å². The van der Waals surface area contributed by atoms with Crippen LogP contribution in [0.15, 0.2) is 48.5 Å². The zero-order valence-corrected chi connectivity index (χ0v) is 14.6.